The van der Waals surface area contributed by atoms with Gasteiger partial charge in [-0.3, -0.25) is 0 Å². The number of para-hydroxylation sites is 1. The third-order valence-corrected chi connectivity index (χ3v) is 3.01. The molecule has 21 heavy (non-hydrogen) atoms. The van der Waals surface area contributed by atoms with Gasteiger partial charge in [0.15, 0.2) is 5.69 Å². The predicted octanol–water partition coefficient (Wildman–Crippen LogP) is 2.34. The number of pyridine rings is 1. The maximum absolute atomic E-state index is 10.8. The summed E-state index contributed by atoms with van der Waals surface area (Å²) in [6.07, 6.45) is 4.81. The summed E-state index contributed by atoms with van der Waals surface area (Å²) in [5, 5.41) is 22.8. The molecule has 0 aliphatic heterocycles. The molecular weight excluding hydrogens is 270 g/mol. The minimum absolute atomic E-state index is 0.366. The summed E-state index contributed by atoms with van der Waals surface area (Å²) in [5.41, 5.74) is 1.87. The van der Waals surface area contributed by atoms with Crippen LogP contribution in [-0.4, -0.2) is 30.9 Å². The normalized spacial score (nSPS) is 10.5. The zero-order chi connectivity index (χ0) is 14.8. The minimum Gasteiger partial charge on any atom is -0.505 e. The topological polar surface area (TPSA) is 88.2 Å². The molecule has 0 spiro atoms. The predicted molar refractivity (Wildman–Crippen MR) is 75.4 cm³/mol. The molecule has 0 unspecified atom stereocenters. The second-order valence-electron chi connectivity index (χ2n) is 4.41. The molecule has 3 aromatic rings. The molecule has 0 aliphatic rings. The summed E-state index contributed by atoms with van der Waals surface area (Å²) in [6.45, 7) is 0. The Hall–Kier alpha value is -3.15. The summed E-state index contributed by atoms with van der Waals surface area (Å²) in [5.74, 6) is -1.63. The fourth-order valence-electron chi connectivity index (χ4n) is 1.97. The standard InChI is InChI=1S/C15H11N3O3/c19-13-6-10(7-16-14(13)15(20)21)11-8-17-18(9-11)12-4-2-1-3-5-12/h1-9,19H,(H,20,21). The Bertz CT molecular complexity index is 797. The quantitative estimate of drug-likeness (QED) is 0.769. The molecule has 0 bridgehead atoms. The molecule has 0 atom stereocenters. The maximum Gasteiger partial charge on any atom is 0.358 e. The molecule has 0 fully saturated rings. The van der Waals surface area contributed by atoms with Crippen LogP contribution in [0.1, 0.15) is 10.5 Å². The van der Waals surface area contributed by atoms with Gasteiger partial charge >= 0.3 is 5.97 Å². The van der Waals surface area contributed by atoms with E-state index in [9.17, 15) is 9.90 Å². The van der Waals surface area contributed by atoms with Gasteiger partial charge in [-0.15, -0.1) is 0 Å². The Morgan fingerprint density at radius 2 is 1.86 bits per heavy atom. The fourth-order valence-corrected chi connectivity index (χ4v) is 1.97. The van der Waals surface area contributed by atoms with E-state index in [1.807, 2.05) is 30.3 Å². The van der Waals surface area contributed by atoms with Crippen molar-refractivity contribution >= 4 is 5.97 Å². The molecule has 6 nitrogen and oxygen atoms in total. The first kappa shape index (κ1) is 12.9. The summed E-state index contributed by atoms with van der Waals surface area (Å²) >= 11 is 0. The lowest BCUT2D eigenvalue weighted by molar-refractivity contribution is 0.0687. The van der Waals surface area contributed by atoms with Gasteiger partial charge in [-0.2, -0.15) is 5.10 Å². The number of hydrogen-bond acceptors (Lipinski definition) is 4. The lowest BCUT2D eigenvalue weighted by Crippen LogP contribution is -2.00. The van der Waals surface area contributed by atoms with Crippen molar-refractivity contribution in [3.8, 4) is 22.6 Å². The van der Waals surface area contributed by atoms with Crippen LogP contribution in [0.2, 0.25) is 0 Å². The molecule has 2 heterocycles. The molecule has 0 radical (unpaired) electrons. The van der Waals surface area contributed by atoms with Crippen molar-refractivity contribution in [1.82, 2.24) is 14.8 Å². The van der Waals surface area contributed by atoms with Gasteiger partial charge in [-0.05, 0) is 18.2 Å². The van der Waals surface area contributed by atoms with E-state index in [1.54, 1.807) is 17.1 Å². The maximum atomic E-state index is 10.8. The van der Waals surface area contributed by atoms with Crippen LogP contribution in [0.25, 0.3) is 16.8 Å². The van der Waals surface area contributed by atoms with E-state index in [0.29, 0.717) is 5.56 Å². The lowest BCUT2D eigenvalue weighted by Gasteiger charge is -2.02. The van der Waals surface area contributed by atoms with Gasteiger partial charge in [0.25, 0.3) is 0 Å². The molecule has 0 saturated carbocycles. The number of rotatable bonds is 3. The first-order chi connectivity index (χ1) is 10.1. The Kier molecular flexibility index (Phi) is 3.12. The molecule has 1 aromatic carbocycles. The van der Waals surface area contributed by atoms with Crippen molar-refractivity contribution < 1.29 is 15.0 Å². The molecule has 2 aromatic heterocycles. The number of aromatic carboxylic acids is 1. The van der Waals surface area contributed by atoms with Crippen LogP contribution in [0.4, 0.5) is 0 Å². The number of carboxylic acids is 1. The van der Waals surface area contributed by atoms with E-state index in [2.05, 4.69) is 10.1 Å². The average molecular weight is 281 g/mol. The summed E-state index contributed by atoms with van der Waals surface area (Å²) < 4.78 is 1.69. The van der Waals surface area contributed by atoms with E-state index in [0.717, 1.165) is 11.3 Å². The molecule has 0 saturated heterocycles. The van der Waals surface area contributed by atoms with Crippen molar-refractivity contribution in [2.75, 3.05) is 0 Å². The molecular formula is C15H11N3O3. The Morgan fingerprint density at radius 3 is 2.52 bits per heavy atom. The number of carboxylic acid groups (broad SMARTS) is 1. The highest BCUT2D eigenvalue weighted by molar-refractivity contribution is 5.89. The smallest absolute Gasteiger partial charge is 0.358 e. The Balaban J connectivity index is 1.97. The van der Waals surface area contributed by atoms with Crippen molar-refractivity contribution in [1.29, 1.82) is 0 Å². The lowest BCUT2D eigenvalue weighted by atomic mass is 10.1. The minimum atomic E-state index is -1.26. The fraction of sp³-hybridized carbons (Fsp3) is 0. The number of nitrogens with zero attached hydrogens (tertiary/aromatic N) is 3. The summed E-state index contributed by atoms with van der Waals surface area (Å²) in [4.78, 5) is 14.6. The molecule has 0 aliphatic carbocycles. The number of benzene rings is 1. The van der Waals surface area contributed by atoms with Crippen molar-refractivity contribution in [2.45, 2.75) is 0 Å². The summed E-state index contributed by atoms with van der Waals surface area (Å²) in [7, 11) is 0. The molecule has 104 valence electrons. The van der Waals surface area contributed by atoms with E-state index >= 15 is 0 Å². The largest absolute Gasteiger partial charge is 0.505 e. The van der Waals surface area contributed by atoms with Crippen molar-refractivity contribution in [2.24, 2.45) is 0 Å². The van der Waals surface area contributed by atoms with Gasteiger partial charge in [0, 0.05) is 23.5 Å². The number of carbonyl (C=O) groups is 1. The molecule has 3 rings (SSSR count). The summed E-state index contributed by atoms with van der Waals surface area (Å²) in [6, 6.07) is 10.9. The monoisotopic (exact) mass is 281 g/mol. The first-order valence-corrected chi connectivity index (χ1v) is 6.18. The van der Waals surface area contributed by atoms with E-state index in [-0.39, 0.29) is 11.4 Å². The highest BCUT2D eigenvalue weighted by Crippen LogP contribution is 2.25. The Labute approximate surface area is 119 Å². The van der Waals surface area contributed by atoms with Crippen molar-refractivity contribution in [3.63, 3.8) is 0 Å². The van der Waals surface area contributed by atoms with Gasteiger partial charge in [0.1, 0.15) is 5.75 Å². The van der Waals surface area contributed by atoms with Crippen molar-refractivity contribution in [3.05, 3.63) is 60.7 Å². The molecule has 0 amide bonds. The van der Waals surface area contributed by atoms with Gasteiger partial charge in [-0.25, -0.2) is 14.5 Å². The SMILES string of the molecule is O=C(O)c1ncc(-c2cnn(-c3ccccc3)c2)cc1O. The highest BCUT2D eigenvalue weighted by Gasteiger charge is 2.13. The molecule has 6 heteroatoms. The average Bonchev–Trinajstić information content (AvgIpc) is 2.97. The van der Waals surface area contributed by atoms with Gasteiger partial charge in [0.05, 0.1) is 11.9 Å². The van der Waals surface area contributed by atoms with Crippen LogP contribution in [0.3, 0.4) is 0 Å². The first-order valence-electron chi connectivity index (χ1n) is 6.18. The van der Waals surface area contributed by atoms with E-state index < -0.39 is 5.97 Å². The van der Waals surface area contributed by atoms with Crippen LogP contribution in [0.5, 0.6) is 5.75 Å². The van der Waals surface area contributed by atoms with Crippen LogP contribution < -0.4 is 0 Å². The van der Waals surface area contributed by atoms with Gasteiger partial charge in [-0.1, -0.05) is 18.2 Å². The van der Waals surface area contributed by atoms with Gasteiger partial charge in [0.2, 0.25) is 0 Å². The zero-order valence-corrected chi connectivity index (χ0v) is 10.8. The highest BCUT2D eigenvalue weighted by atomic mass is 16.4. The number of hydrogen-bond donors (Lipinski definition) is 2. The van der Waals surface area contributed by atoms with Gasteiger partial charge < -0.3 is 10.2 Å². The number of aromatic nitrogens is 3. The second-order valence-corrected chi connectivity index (χ2v) is 4.41. The van der Waals surface area contributed by atoms with E-state index in [1.165, 1.54) is 12.3 Å². The molecule has 2 N–H and O–H groups in total. The van der Waals surface area contributed by atoms with Crippen LogP contribution in [0.15, 0.2) is 55.0 Å². The van der Waals surface area contributed by atoms with Crippen LogP contribution in [0, 0.1) is 0 Å². The van der Waals surface area contributed by atoms with Crippen LogP contribution in [-0.2, 0) is 0 Å². The third-order valence-electron chi connectivity index (χ3n) is 3.01. The second kappa shape index (κ2) is 5.09. The Morgan fingerprint density at radius 1 is 1.10 bits per heavy atom. The zero-order valence-electron chi connectivity index (χ0n) is 10.8. The number of aromatic hydroxyl groups is 1. The van der Waals surface area contributed by atoms with E-state index in [4.69, 9.17) is 5.11 Å². The third kappa shape index (κ3) is 2.46. The van der Waals surface area contributed by atoms with Crippen LogP contribution >= 0.6 is 0 Å².